The minimum Gasteiger partial charge on any atom is -0.338 e. The van der Waals surface area contributed by atoms with E-state index in [1.165, 1.54) is 5.57 Å². The highest BCUT2D eigenvalue weighted by atomic mass is 16.2. The molecule has 2 rings (SSSR count). The lowest BCUT2D eigenvalue weighted by atomic mass is 9.83. The Hall–Kier alpha value is -0.870. The lowest BCUT2D eigenvalue weighted by molar-refractivity contribution is -0.132. The van der Waals surface area contributed by atoms with Crippen molar-refractivity contribution in [1.29, 1.82) is 0 Å². The molecular formula is C15H27N3O. The zero-order chi connectivity index (χ0) is 13.9. The molecule has 0 radical (unpaired) electrons. The lowest BCUT2D eigenvalue weighted by Gasteiger charge is -2.34. The van der Waals surface area contributed by atoms with Gasteiger partial charge in [-0.1, -0.05) is 32.4 Å². The van der Waals surface area contributed by atoms with E-state index < -0.39 is 0 Å². The van der Waals surface area contributed by atoms with E-state index >= 15 is 0 Å². The van der Waals surface area contributed by atoms with Gasteiger partial charge in [-0.15, -0.1) is 0 Å². The van der Waals surface area contributed by atoms with Crippen molar-refractivity contribution in [2.24, 2.45) is 5.41 Å². The molecule has 1 amide bonds. The minimum absolute atomic E-state index is 0.244. The maximum Gasteiger partial charge on any atom is 0.237 e. The van der Waals surface area contributed by atoms with Gasteiger partial charge in [-0.05, 0) is 11.8 Å². The Balaban J connectivity index is 1.83. The highest BCUT2D eigenvalue weighted by molar-refractivity contribution is 5.78. The van der Waals surface area contributed by atoms with E-state index in [0.717, 1.165) is 45.7 Å². The largest absolute Gasteiger partial charge is 0.338 e. The molecule has 4 nitrogen and oxygen atoms in total. The first-order chi connectivity index (χ1) is 8.97. The highest BCUT2D eigenvalue weighted by Gasteiger charge is 2.24. The maximum absolute atomic E-state index is 12.3. The predicted molar refractivity (Wildman–Crippen MR) is 78.0 cm³/mol. The lowest BCUT2D eigenvalue weighted by Crippen LogP contribution is -2.49. The highest BCUT2D eigenvalue weighted by Crippen LogP contribution is 2.30. The zero-order valence-electron chi connectivity index (χ0n) is 12.5. The summed E-state index contributed by atoms with van der Waals surface area (Å²) in [5.74, 6) is 0.283. The molecule has 0 saturated carbocycles. The molecule has 0 aromatic heterocycles. The molecule has 0 spiro atoms. The summed E-state index contributed by atoms with van der Waals surface area (Å²) in [7, 11) is 0. The van der Waals surface area contributed by atoms with Crippen molar-refractivity contribution in [3.63, 3.8) is 0 Å². The molecule has 0 aliphatic carbocycles. The van der Waals surface area contributed by atoms with Crippen molar-refractivity contribution in [1.82, 2.24) is 15.1 Å². The van der Waals surface area contributed by atoms with Crippen LogP contribution in [0.3, 0.4) is 0 Å². The SMILES string of the molecule is CC(C)(C)C1=CCN(C(=O)CN2CCNCC2)CC1. The van der Waals surface area contributed by atoms with Crippen LogP contribution in [0.2, 0.25) is 0 Å². The van der Waals surface area contributed by atoms with E-state index in [-0.39, 0.29) is 11.3 Å². The van der Waals surface area contributed by atoms with Gasteiger partial charge in [0.15, 0.2) is 0 Å². The molecule has 0 unspecified atom stereocenters. The van der Waals surface area contributed by atoms with Gasteiger partial charge in [0, 0.05) is 39.3 Å². The van der Waals surface area contributed by atoms with Crippen molar-refractivity contribution in [2.75, 3.05) is 45.8 Å². The molecule has 1 fully saturated rings. The van der Waals surface area contributed by atoms with Crippen molar-refractivity contribution in [3.8, 4) is 0 Å². The third-order valence-electron chi connectivity index (χ3n) is 4.09. The molecule has 19 heavy (non-hydrogen) atoms. The summed E-state index contributed by atoms with van der Waals surface area (Å²) in [5.41, 5.74) is 1.73. The molecule has 0 atom stereocenters. The second-order valence-corrected chi connectivity index (χ2v) is 6.60. The number of nitrogens with zero attached hydrogens (tertiary/aromatic N) is 2. The number of rotatable bonds is 2. The van der Waals surface area contributed by atoms with Gasteiger partial charge < -0.3 is 10.2 Å². The average Bonchev–Trinajstić information content (AvgIpc) is 2.39. The van der Waals surface area contributed by atoms with Gasteiger partial charge in [-0.2, -0.15) is 0 Å². The topological polar surface area (TPSA) is 35.6 Å². The molecule has 0 bridgehead atoms. The Labute approximate surface area is 116 Å². The summed E-state index contributed by atoms with van der Waals surface area (Å²) in [6, 6.07) is 0. The number of hydrogen-bond donors (Lipinski definition) is 1. The van der Waals surface area contributed by atoms with Crippen LogP contribution >= 0.6 is 0 Å². The van der Waals surface area contributed by atoms with Gasteiger partial charge in [-0.3, -0.25) is 9.69 Å². The van der Waals surface area contributed by atoms with Gasteiger partial charge in [-0.25, -0.2) is 0 Å². The Bertz CT molecular complexity index is 351. The van der Waals surface area contributed by atoms with Crippen LogP contribution in [0.4, 0.5) is 0 Å². The normalized spacial score (nSPS) is 22.3. The van der Waals surface area contributed by atoms with Crippen LogP contribution < -0.4 is 5.32 Å². The van der Waals surface area contributed by atoms with Crippen LogP contribution in [0.5, 0.6) is 0 Å². The fraction of sp³-hybridized carbons (Fsp3) is 0.800. The summed E-state index contributed by atoms with van der Waals surface area (Å²) >= 11 is 0. The van der Waals surface area contributed by atoms with Crippen LogP contribution in [-0.4, -0.2) is 61.5 Å². The molecule has 2 aliphatic heterocycles. The molecule has 2 aliphatic rings. The smallest absolute Gasteiger partial charge is 0.237 e. The van der Waals surface area contributed by atoms with Gasteiger partial charge in [0.2, 0.25) is 5.91 Å². The monoisotopic (exact) mass is 265 g/mol. The number of carbonyl (C=O) groups excluding carboxylic acids is 1. The van der Waals surface area contributed by atoms with Crippen molar-refractivity contribution in [3.05, 3.63) is 11.6 Å². The van der Waals surface area contributed by atoms with Crippen LogP contribution in [0.15, 0.2) is 11.6 Å². The first kappa shape index (κ1) is 14.5. The number of nitrogens with one attached hydrogen (secondary N) is 1. The Morgan fingerprint density at radius 2 is 1.95 bits per heavy atom. The summed E-state index contributed by atoms with van der Waals surface area (Å²) in [6.07, 6.45) is 3.27. The Morgan fingerprint density at radius 3 is 2.47 bits per heavy atom. The summed E-state index contributed by atoms with van der Waals surface area (Å²) in [5, 5.41) is 3.31. The molecule has 2 heterocycles. The van der Waals surface area contributed by atoms with Crippen LogP contribution in [0.25, 0.3) is 0 Å². The fourth-order valence-corrected chi connectivity index (χ4v) is 2.74. The van der Waals surface area contributed by atoms with Crippen molar-refractivity contribution < 1.29 is 4.79 Å². The standard InChI is InChI=1S/C15H27N3O/c1-15(2,3)13-4-8-18(9-5-13)14(19)12-17-10-6-16-7-11-17/h4,16H,5-12H2,1-3H3. The van der Waals surface area contributed by atoms with E-state index in [9.17, 15) is 4.79 Å². The van der Waals surface area contributed by atoms with Gasteiger partial charge in [0.25, 0.3) is 0 Å². The van der Waals surface area contributed by atoms with E-state index in [0.29, 0.717) is 6.54 Å². The molecule has 0 aromatic rings. The summed E-state index contributed by atoms with van der Waals surface area (Å²) < 4.78 is 0. The Morgan fingerprint density at radius 1 is 1.26 bits per heavy atom. The third-order valence-corrected chi connectivity index (χ3v) is 4.09. The summed E-state index contributed by atoms with van der Waals surface area (Å²) in [4.78, 5) is 16.5. The molecule has 4 heteroatoms. The van der Waals surface area contributed by atoms with Crippen LogP contribution in [0.1, 0.15) is 27.2 Å². The Kier molecular flexibility index (Phi) is 4.63. The summed E-state index contributed by atoms with van der Waals surface area (Å²) in [6.45, 7) is 13.0. The minimum atomic E-state index is 0.244. The quantitative estimate of drug-likeness (QED) is 0.759. The number of amides is 1. The molecule has 1 N–H and O–H groups in total. The number of hydrogen-bond acceptors (Lipinski definition) is 3. The predicted octanol–water partition coefficient (Wildman–Crippen LogP) is 1.10. The van der Waals surface area contributed by atoms with Crippen LogP contribution in [0, 0.1) is 5.41 Å². The maximum atomic E-state index is 12.3. The fourth-order valence-electron chi connectivity index (χ4n) is 2.74. The van der Waals surface area contributed by atoms with Gasteiger partial charge >= 0.3 is 0 Å². The first-order valence-electron chi connectivity index (χ1n) is 7.37. The van der Waals surface area contributed by atoms with E-state index in [4.69, 9.17) is 0 Å². The van der Waals surface area contributed by atoms with Crippen molar-refractivity contribution >= 4 is 5.91 Å². The van der Waals surface area contributed by atoms with E-state index in [1.54, 1.807) is 0 Å². The molecule has 0 aromatic carbocycles. The first-order valence-corrected chi connectivity index (χ1v) is 7.37. The zero-order valence-corrected chi connectivity index (χ0v) is 12.5. The van der Waals surface area contributed by atoms with Gasteiger partial charge in [0.05, 0.1) is 6.54 Å². The molecule has 1 saturated heterocycles. The molecular weight excluding hydrogens is 238 g/mol. The van der Waals surface area contributed by atoms with Crippen LogP contribution in [-0.2, 0) is 4.79 Å². The van der Waals surface area contributed by atoms with Gasteiger partial charge in [0.1, 0.15) is 0 Å². The molecule has 108 valence electrons. The number of piperazine rings is 1. The third kappa shape index (κ3) is 4.05. The van der Waals surface area contributed by atoms with Crippen molar-refractivity contribution in [2.45, 2.75) is 27.2 Å². The van der Waals surface area contributed by atoms with E-state index in [2.05, 4.69) is 37.1 Å². The average molecular weight is 265 g/mol. The second kappa shape index (κ2) is 6.06. The van der Waals surface area contributed by atoms with E-state index in [1.807, 2.05) is 4.90 Å². The number of carbonyl (C=O) groups is 1. The second-order valence-electron chi connectivity index (χ2n) is 6.60.